The van der Waals surface area contributed by atoms with Gasteiger partial charge in [-0.3, -0.25) is 0 Å². The predicted octanol–water partition coefficient (Wildman–Crippen LogP) is 5.10. The summed E-state index contributed by atoms with van der Waals surface area (Å²) in [5, 5.41) is 0. The van der Waals surface area contributed by atoms with E-state index >= 15 is 0 Å². The first-order valence-electron chi connectivity index (χ1n) is 7.17. The average molecular weight is 238 g/mol. The van der Waals surface area contributed by atoms with Gasteiger partial charge in [0.1, 0.15) is 0 Å². The molecule has 2 rings (SSSR count). The maximum Gasteiger partial charge on any atom is 0.0245 e. The van der Waals surface area contributed by atoms with E-state index in [4.69, 9.17) is 0 Å². The summed E-state index contributed by atoms with van der Waals surface area (Å²) in [6.45, 7) is 0. The first-order valence-corrected chi connectivity index (χ1v) is 7.17. The van der Waals surface area contributed by atoms with Crippen molar-refractivity contribution < 1.29 is 0 Å². The van der Waals surface area contributed by atoms with Gasteiger partial charge in [0.15, 0.2) is 0 Å². The molecule has 0 saturated carbocycles. The first-order chi connectivity index (χ1) is 8.95. The van der Waals surface area contributed by atoms with Crippen LogP contribution in [0.2, 0.25) is 0 Å². The van der Waals surface area contributed by atoms with Gasteiger partial charge in [0.05, 0.1) is 0 Å². The summed E-state index contributed by atoms with van der Waals surface area (Å²) in [6, 6.07) is 10.3. The second kappa shape index (κ2) is 7.77. The highest BCUT2D eigenvalue weighted by molar-refractivity contribution is 5.33. The van der Waals surface area contributed by atoms with Gasteiger partial charge >= 0.3 is 0 Å². The normalized spacial score (nSPS) is 14.6. The molecule has 0 unspecified atom stereocenters. The lowest BCUT2D eigenvalue weighted by Gasteiger charge is -2.11. The Kier molecular flexibility index (Phi) is 5.60. The van der Waals surface area contributed by atoms with E-state index in [2.05, 4.69) is 30.0 Å². The fourth-order valence-electron chi connectivity index (χ4n) is 2.38. The highest BCUT2D eigenvalue weighted by Crippen LogP contribution is 2.21. The van der Waals surface area contributed by atoms with Crippen molar-refractivity contribution in [3.63, 3.8) is 0 Å². The Morgan fingerprint density at radius 3 is 2.67 bits per heavy atom. The molecule has 0 aliphatic heterocycles. The largest absolute Gasteiger partial charge is 0.0979 e. The van der Waals surface area contributed by atoms with Gasteiger partial charge in [-0.25, -0.2) is 0 Å². The minimum absolute atomic E-state index is 1.03. The SMILES string of the molecule is C(#Cc1ccccc1)CCCCC1=CCCCC1. The van der Waals surface area contributed by atoms with Crippen molar-refractivity contribution in [1.29, 1.82) is 0 Å². The molecule has 94 valence electrons. The van der Waals surface area contributed by atoms with E-state index in [0.717, 1.165) is 12.0 Å². The molecule has 0 saturated heterocycles. The van der Waals surface area contributed by atoms with E-state index < -0.39 is 0 Å². The van der Waals surface area contributed by atoms with E-state index in [0.29, 0.717) is 0 Å². The summed E-state index contributed by atoms with van der Waals surface area (Å²) in [7, 11) is 0. The summed E-state index contributed by atoms with van der Waals surface area (Å²) in [5.74, 6) is 6.49. The predicted molar refractivity (Wildman–Crippen MR) is 78.3 cm³/mol. The van der Waals surface area contributed by atoms with Crippen LogP contribution >= 0.6 is 0 Å². The molecule has 0 heterocycles. The van der Waals surface area contributed by atoms with Crippen molar-refractivity contribution in [2.75, 3.05) is 0 Å². The Bertz CT molecular complexity index is 428. The zero-order valence-corrected chi connectivity index (χ0v) is 11.1. The zero-order chi connectivity index (χ0) is 12.5. The molecule has 0 spiro atoms. The fraction of sp³-hybridized carbons (Fsp3) is 0.444. The highest BCUT2D eigenvalue weighted by Gasteiger charge is 2.02. The molecule has 0 nitrogen and oxygen atoms in total. The second-order valence-corrected chi connectivity index (χ2v) is 4.98. The van der Waals surface area contributed by atoms with Crippen LogP contribution in [0.4, 0.5) is 0 Å². The monoisotopic (exact) mass is 238 g/mol. The van der Waals surface area contributed by atoms with Crippen LogP contribution in [0.15, 0.2) is 42.0 Å². The van der Waals surface area contributed by atoms with Crippen LogP contribution in [-0.2, 0) is 0 Å². The summed E-state index contributed by atoms with van der Waals surface area (Å²) in [4.78, 5) is 0. The van der Waals surface area contributed by atoms with Crippen molar-refractivity contribution in [2.45, 2.75) is 51.4 Å². The van der Waals surface area contributed by atoms with E-state index in [1.165, 1.54) is 44.9 Å². The molecule has 1 aromatic rings. The first kappa shape index (κ1) is 13.0. The van der Waals surface area contributed by atoms with Gasteiger partial charge in [0, 0.05) is 12.0 Å². The Morgan fingerprint density at radius 1 is 1.00 bits per heavy atom. The van der Waals surface area contributed by atoms with Crippen LogP contribution in [-0.4, -0.2) is 0 Å². The minimum atomic E-state index is 1.03. The number of hydrogen-bond acceptors (Lipinski definition) is 0. The van der Waals surface area contributed by atoms with E-state index in [1.54, 1.807) is 5.57 Å². The van der Waals surface area contributed by atoms with Gasteiger partial charge in [-0.15, -0.1) is 0 Å². The van der Waals surface area contributed by atoms with Gasteiger partial charge in [-0.2, -0.15) is 0 Å². The van der Waals surface area contributed by atoms with Crippen LogP contribution in [0.5, 0.6) is 0 Å². The maximum atomic E-state index is 3.27. The van der Waals surface area contributed by atoms with E-state index in [-0.39, 0.29) is 0 Å². The number of unbranched alkanes of at least 4 members (excludes halogenated alkanes) is 2. The Hall–Kier alpha value is -1.48. The smallest absolute Gasteiger partial charge is 0.0245 e. The molecular weight excluding hydrogens is 216 g/mol. The van der Waals surface area contributed by atoms with Gasteiger partial charge in [0.2, 0.25) is 0 Å². The molecule has 0 atom stereocenters. The summed E-state index contributed by atoms with van der Waals surface area (Å²) >= 11 is 0. The molecule has 0 radical (unpaired) electrons. The van der Waals surface area contributed by atoms with Crippen molar-refractivity contribution in [1.82, 2.24) is 0 Å². The topological polar surface area (TPSA) is 0 Å². The van der Waals surface area contributed by atoms with Crippen LogP contribution in [0.3, 0.4) is 0 Å². The van der Waals surface area contributed by atoms with Crippen LogP contribution in [0, 0.1) is 11.8 Å². The Balaban J connectivity index is 1.62. The van der Waals surface area contributed by atoms with Crippen LogP contribution in [0.25, 0.3) is 0 Å². The van der Waals surface area contributed by atoms with E-state index in [1.807, 2.05) is 18.2 Å². The molecular formula is C18H22. The lowest BCUT2D eigenvalue weighted by molar-refractivity contribution is 0.648. The third-order valence-corrected chi connectivity index (χ3v) is 3.44. The molecule has 1 aliphatic rings. The molecule has 0 heteroatoms. The number of rotatable bonds is 4. The summed E-state index contributed by atoms with van der Waals surface area (Å²) in [5.41, 5.74) is 2.82. The standard InChI is InChI=1S/C18H22/c1(5-11-17-13-7-3-8-14-17)2-6-12-18-15-9-4-10-16-18/h3,7-8,13-15H,1-2,4,6,9-10,12,16H2. The maximum absolute atomic E-state index is 3.27. The zero-order valence-electron chi connectivity index (χ0n) is 11.1. The van der Waals surface area contributed by atoms with Gasteiger partial charge in [-0.1, -0.05) is 41.7 Å². The number of allylic oxidation sites excluding steroid dienone is 2. The lowest BCUT2D eigenvalue weighted by Crippen LogP contribution is -1.91. The minimum Gasteiger partial charge on any atom is -0.0979 e. The van der Waals surface area contributed by atoms with Gasteiger partial charge in [0.25, 0.3) is 0 Å². The van der Waals surface area contributed by atoms with Crippen molar-refractivity contribution in [2.24, 2.45) is 0 Å². The van der Waals surface area contributed by atoms with Crippen molar-refractivity contribution in [3.05, 3.63) is 47.5 Å². The molecule has 0 fully saturated rings. The van der Waals surface area contributed by atoms with Crippen molar-refractivity contribution in [3.8, 4) is 11.8 Å². The quantitative estimate of drug-likeness (QED) is 0.389. The number of hydrogen-bond donors (Lipinski definition) is 0. The average Bonchev–Trinajstić information content (AvgIpc) is 2.45. The lowest BCUT2D eigenvalue weighted by atomic mass is 9.95. The summed E-state index contributed by atoms with van der Waals surface area (Å²) in [6.07, 6.45) is 12.8. The van der Waals surface area contributed by atoms with Crippen LogP contribution in [0.1, 0.15) is 56.9 Å². The molecule has 0 amide bonds. The second-order valence-electron chi connectivity index (χ2n) is 4.98. The van der Waals surface area contributed by atoms with Crippen molar-refractivity contribution >= 4 is 0 Å². The molecule has 1 aliphatic carbocycles. The number of benzene rings is 1. The highest BCUT2D eigenvalue weighted by atomic mass is 14.1. The van der Waals surface area contributed by atoms with Gasteiger partial charge in [-0.05, 0) is 57.1 Å². The molecule has 0 N–H and O–H groups in total. The Labute approximate surface area is 111 Å². The van der Waals surface area contributed by atoms with Crippen LogP contribution < -0.4 is 0 Å². The molecule has 18 heavy (non-hydrogen) atoms. The Morgan fingerprint density at radius 2 is 1.89 bits per heavy atom. The molecule has 1 aromatic carbocycles. The summed E-state index contributed by atoms with van der Waals surface area (Å²) < 4.78 is 0. The third-order valence-electron chi connectivity index (χ3n) is 3.44. The van der Waals surface area contributed by atoms with E-state index in [9.17, 15) is 0 Å². The molecule has 0 aromatic heterocycles. The third kappa shape index (κ3) is 4.80. The molecule has 0 bridgehead atoms. The van der Waals surface area contributed by atoms with Gasteiger partial charge < -0.3 is 0 Å². The fourth-order valence-corrected chi connectivity index (χ4v) is 2.38.